The lowest BCUT2D eigenvalue weighted by molar-refractivity contribution is -0.115. The maximum atomic E-state index is 12.6. The monoisotopic (exact) mass is 400 g/mol. The van der Waals surface area contributed by atoms with Crippen LogP contribution in [-0.2, 0) is 4.79 Å². The Labute approximate surface area is 165 Å². The van der Waals surface area contributed by atoms with E-state index in [1.807, 2.05) is 0 Å². The molecule has 1 aromatic heterocycles. The van der Waals surface area contributed by atoms with Crippen LogP contribution in [0.4, 0.5) is 11.7 Å². The summed E-state index contributed by atoms with van der Waals surface area (Å²) in [5.41, 5.74) is 1.24. The number of para-hydroxylation sites is 1. The number of hydrogen-bond acceptors (Lipinski definition) is 6. The normalized spacial score (nSPS) is 11.5. The molecule has 0 saturated heterocycles. The van der Waals surface area contributed by atoms with Crippen molar-refractivity contribution in [3.63, 3.8) is 0 Å². The zero-order valence-electron chi connectivity index (χ0n) is 15.1. The van der Waals surface area contributed by atoms with Crippen molar-refractivity contribution < 1.29 is 18.7 Å². The van der Waals surface area contributed by atoms with Gasteiger partial charge in [0.1, 0.15) is 11.1 Å². The van der Waals surface area contributed by atoms with Crippen molar-refractivity contribution in [1.29, 1.82) is 0 Å². The van der Waals surface area contributed by atoms with Gasteiger partial charge in [-0.05, 0) is 43.3 Å². The molecule has 0 aliphatic carbocycles. The van der Waals surface area contributed by atoms with Crippen LogP contribution in [0, 0.1) is 0 Å². The highest BCUT2D eigenvalue weighted by molar-refractivity contribution is 6.32. The number of nitrogens with one attached hydrogen (secondary N) is 2. The quantitative estimate of drug-likeness (QED) is 0.613. The number of halogens is 1. The molecule has 28 heavy (non-hydrogen) atoms. The van der Waals surface area contributed by atoms with E-state index < -0.39 is 17.2 Å². The van der Waals surface area contributed by atoms with Crippen LogP contribution < -0.4 is 15.4 Å². The molecule has 0 aliphatic heterocycles. The van der Waals surface area contributed by atoms with Gasteiger partial charge in [-0.25, -0.2) is 0 Å². The van der Waals surface area contributed by atoms with Crippen LogP contribution in [0.5, 0.6) is 5.75 Å². The van der Waals surface area contributed by atoms with Crippen molar-refractivity contribution in [2.45, 2.75) is 12.3 Å². The Hall–Kier alpha value is -3.39. The van der Waals surface area contributed by atoms with Gasteiger partial charge in [0, 0.05) is 5.56 Å². The van der Waals surface area contributed by atoms with Gasteiger partial charge in [-0.3, -0.25) is 14.9 Å². The van der Waals surface area contributed by atoms with E-state index in [2.05, 4.69) is 20.8 Å². The molecule has 0 saturated carbocycles. The van der Waals surface area contributed by atoms with Crippen LogP contribution in [0.1, 0.15) is 17.3 Å². The molecule has 3 rings (SSSR count). The van der Waals surface area contributed by atoms with Crippen LogP contribution >= 0.6 is 11.6 Å². The van der Waals surface area contributed by atoms with Gasteiger partial charge in [-0.15, -0.1) is 16.7 Å². The second-order valence-electron chi connectivity index (χ2n) is 5.75. The van der Waals surface area contributed by atoms with Crippen molar-refractivity contribution >= 4 is 35.1 Å². The Balaban J connectivity index is 1.75. The lowest BCUT2D eigenvalue weighted by atomic mass is 10.1. The van der Waals surface area contributed by atoms with Gasteiger partial charge in [-0.2, -0.15) is 0 Å². The summed E-state index contributed by atoms with van der Waals surface area (Å²) in [5, 5.41) is 12.2. The number of carbonyl (C=O) groups excluding carboxylic acids is 2. The van der Waals surface area contributed by atoms with Crippen molar-refractivity contribution in [2.75, 3.05) is 17.7 Å². The summed E-state index contributed by atoms with van der Waals surface area (Å²) in [4.78, 5) is 24.4. The molecule has 3 aromatic rings. The zero-order valence-corrected chi connectivity index (χ0v) is 15.9. The van der Waals surface area contributed by atoms with E-state index in [0.717, 1.165) is 0 Å². The Morgan fingerprint density at radius 1 is 1.07 bits per heavy atom. The third-order valence-electron chi connectivity index (χ3n) is 3.77. The summed E-state index contributed by atoms with van der Waals surface area (Å²) in [6, 6.07) is 13.5. The number of rotatable bonds is 6. The highest BCUT2D eigenvalue weighted by atomic mass is 35.5. The highest BCUT2D eigenvalue weighted by Crippen LogP contribution is 2.23. The number of carbonyl (C=O) groups is 2. The molecule has 1 heterocycles. The first kappa shape index (κ1) is 19.4. The fraction of sp³-hybridized carbons (Fsp3) is 0.158. The van der Waals surface area contributed by atoms with E-state index in [4.69, 9.17) is 20.8 Å². The number of benzene rings is 2. The molecule has 0 unspecified atom stereocenters. The molecule has 9 heteroatoms. The number of hydrogen-bond donors (Lipinski definition) is 2. The van der Waals surface area contributed by atoms with Gasteiger partial charge in [0.2, 0.25) is 11.8 Å². The number of methoxy groups -OCH3 is 1. The van der Waals surface area contributed by atoms with Crippen molar-refractivity contribution in [3.05, 3.63) is 54.1 Å². The second kappa shape index (κ2) is 8.53. The Kier molecular flexibility index (Phi) is 5.90. The average Bonchev–Trinajstić information content (AvgIpc) is 3.16. The molecular formula is C19H17ClN4O4. The minimum atomic E-state index is -0.737. The average molecular weight is 401 g/mol. The van der Waals surface area contributed by atoms with Crippen LogP contribution in [0.15, 0.2) is 52.9 Å². The summed E-state index contributed by atoms with van der Waals surface area (Å²) in [5.74, 6) is 0.0155. The molecule has 0 spiro atoms. The van der Waals surface area contributed by atoms with Gasteiger partial charge in [-0.1, -0.05) is 17.2 Å². The van der Waals surface area contributed by atoms with Gasteiger partial charge >= 0.3 is 6.01 Å². The number of amides is 2. The molecule has 0 fully saturated rings. The molecule has 1 atom stereocenters. The molecule has 144 valence electrons. The number of nitrogens with zero attached hydrogens (tertiary/aromatic N) is 2. The third kappa shape index (κ3) is 4.47. The van der Waals surface area contributed by atoms with Crippen LogP contribution in [0.2, 0.25) is 0 Å². The Morgan fingerprint density at radius 2 is 1.79 bits per heavy atom. The number of anilines is 2. The van der Waals surface area contributed by atoms with Crippen LogP contribution in [-0.4, -0.2) is 34.5 Å². The topological polar surface area (TPSA) is 106 Å². The Morgan fingerprint density at radius 3 is 2.46 bits per heavy atom. The third-order valence-corrected chi connectivity index (χ3v) is 3.97. The van der Waals surface area contributed by atoms with E-state index in [1.165, 1.54) is 0 Å². The van der Waals surface area contributed by atoms with Crippen LogP contribution in [0.25, 0.3) is 11.5 Å². The van der Waals surface area contributed by atoms with Crippen molar-refractivity contribution in [2.24, 2.45) is 0 Å². The summed E-state index contributed by atoms with van der Waals surface area (Å²) in [6.45, 7) is 1.54. The SMILES string of the molecule is COc1ccc(-c2nnc(NC(=O)c3ccccc3NC(=O)[C@H](C)Cl)o2)cc1. The lowest BCUT2D eigenvalue weighted by Crippen LogP contribution is -2.23. The first-order valence-corrected chi connectivity index (χ1v) is 8.75. The van der Waals surface area contributed by atoms with E-state index in [1.54, 1.807) is 62.6 Å². The van der Waals surface area contributed by atoms with Crippen LogP contribution in [0.3, 0.4) is 0 Å². The standard InChI is InChI=1S/C19H17ClN4O4/c1-11(20)16(25)21-15-6-4-3-5-14(15)17(26)22-19-24-23-18(28-19)12-7-9-13(27-2)10-8-12/h3-11H,1-2H3,(H,21,25)(H,22,24,26)/t11-/m0/s1. The predicted molar refractivity (Wildman–Crippen MR) is 105 cm³/mol. The largest absolute Gasteiger partial charge is 0.497 e. The number of aromatic nitrogens is 2. The minimum Gasteiger partial charge on any atom is -0.497 e. The fourth-order valence-electron chi connectivity index (χ4n) is 2.31. The van der Waals surface area contributed by atoms with E-state index in [0.29, 0.717) is 17.0 Å². The molecule has 0 bridgehead atoms. The zero-order chi connectivity index (χ0) is 20.1. The van der Waals surface area contributed by atoms with Gasteiger partial charge in [0.15, 0.2) is 0 Å². The maximum absolute atomic E-state index is 12.6. The molecular weight excluding hydrogens is 384 g/mol. The number of ether oxygens (including phenoxy) is 1. The number of alkyl halides is 1. The molecule has 0 radical (unpaired) electrons. The lowest BCUT2D eigenvalue weighted by Gasteiger charge is -2.10. The molecule has 0 aliphatic rings. The van der Waals surface area contributed by atoms with Gasteiger partial charge in [0.25, 0.3) is 5.91 Å². The Bertz CT molecular complexity index is 986. The molecule has 2 aromatic carbocycles. The first-order valence-electron chi connectivity index (χ1n) is 8.31. The van der Waals surface area contributed by atoms with Gasteiger partial charge in [0.05, 0.1) is 18.4 Å². The molecule has 2 N–H and O–H groups in total. The van der Waals surface area contributed by atoms with Crippen molar-refractivity contribution in [3.8, 4) is 17.2 Å². The van der Waals surface area contributed by atoms with E-state index >= 15 is 0 Å². The summed E-state index contributed by atoms with van der Waals surface area (Å²) >= 11 is 5.77. The second-order valence-corrected chi connectivity index (χ2v) is 6.40. The fourth-order valence-corrected chi connectivity index (χ4v) is 2.37. The van der Waals surface area contributed by atoms with Gasteiger partial charge < -0.3 is 14.5 Å². The maximum Gasteiger partial charge on any atom is 0.322 e. The molecule has 8 nitrogen and oxygen atoms in total. The van der Waals surface area contributed by atoms with E-state index in [-0.39, 0.29) is 17.5 Å². The first-order chi connectivity index (χ1) is 13.5. The summed E-state index contributed by atoms with van der Waals surface area (Å²) in [7, 11) is 1.57. The van der Waals surface area contributed by atoms with E-state index in [9.17, 15) is 9.59 Å². The highest BCUT2D eigenvalue weighted by Gasteiger charge is 2.18. The minimum absolute atomic E-state index is 0.0670. The predicted octanol–water partition coefficient (Wildman–Crippen LogP) is 3.56. The van der Waals surface area contributed by atoms with Crippen molar-refractivity contribution in [1.82, 2.24) is 10.2 Å². The smallest absolute Gasteiger partial charge is 0.322 e. The summed E-state index contributed by atoms with van der Waals surface area (Å²) in [6.07, 6.45) is 0. The molecule has 2 amide bonds. The summed E-state index contributed by atoms with van der Waals surface area (Å²) < 4.78 is 10.6.